The van der Waals surface area contributed by atoms with E-state index in [9.17, 15) is 4.79 Å². The van der Waals surface area contributed by atoms with Gasteiger partial charge in [0.1, 0.15) is 0 Å². The summed E-state index contributed by atoms with van der Waals surface area (Å²) < 4.78 is 10.9. The molecule has 2 unspecified atom stereocenters. The summed E-state index contributed by atoms with van der Waals surface area (Å²) in [4.78, 5) is 16.6. The van der Waals surface area contributed by atoms with E-state index in [2.05, 4.69) is 18.8 Å². The van der Waals surface area contributed by atoms with E-state index in [1.54, 1.807) is 0 Å². The minimum atomic E-state index is -0.368. The summed E-state index contributed by atoms with van der Waals surface area (Å²) in [5.41, 5.74) is 0.776. The standard InChI is InChI=1S/C16H23NO3/c1-4-19-16(18)14-12(8-9(2)3)17-15(20-14)13-10-6-5-7-11(10)13/h9-11,13H,4-8H2,1-3H3. The van der Waals surface area contributed by atoms with Crippen molar-refractivity contribution in [3.05, 3.63) is 17.3 Å². The van der Waals surface area contributed by atoms with Gasteiger partial charge in [-0.25, -0.2) is 9.78 Å². The summed E-state index contributed by atoms with van der Waals surface area (Å²) in [5, 5.41) is 0. The van der Waals surface area contributed by atoms with Crippen LogP contribution in [0.3, 0.4) is 0 Å². The Morgan fingerprint density at radius 3 is 2.70 bits per heavy atom. The van der Waals surface area contributed by atoms with E-state index in [1.807, 2.05) is 6.92 Å². The monoisotopic (exact) mass is 277 g/mol. The smallest absolute Gasteiger partial charge is 0.376 e. The van der Waals surface area contributed by atoms with Gasteiger partial charge in [-0.2, -0.15) is 0 Å². The molecule has 2 atom stereocenters. The van der Waals surface area contributed by atoms with Crippen LogP contribution in [0.4, 0.5) is 0 Å². The van der Waals surface area contributed by atoms with Gasteiger partial charge < -0.3 is 9.15 Å². The number of ether oxygens (including phenoxy) is 1. The second kappa shape index (κ2) is 5.23. The molecule has 0 amide bonds. The molecule has 1 aromatic rings. The highest BCUT2D eigenvalue weighted by atomic mass is 16.5. The van der Waals surface area contributed by atoms with Gasteiger partial charge in [0.25, 0.3) is 0 Å². The minimum absolute atomic E-state index is 0.334. The molecule has 0 aromatic carbocycles. The fourth-order valence-electron chi connectivity index (χ4n) is 3.58. The lowest BCUT2D eigenvalue weighted by atomic mass is 10.1. The first-order valence-corrected chi connectivity index (χ1v) is 7.78. The number of carbonyl (C=O) groups is 1. The van der Waals surface area contributed by atoms with Crippen molar-refractivity contribution >= 4 is 5.97 Å². The van der Waals surface area contributed by atoms with E-state index in [4.69, 9.17) is 9.15 Å². The number of carbonyl (C=O) groups excluding carboxylic acids is 1. The van der Waals surface area contributed by atoms with E-state index in [0.717, 1.165) is 29.8 Å². The first-order valence-electron chi connectivity index (χ1n) is 7.78. The van der Waals surface area contributed by atoms with Crippen LogP contribution in [0.15, 0.2) is 4.42 Å². The van der Waals surface area contributed by atoms with Crippen LogP contribution in [0.25, 0.3) is 0 Å². The fraction of sp³-hybridized carbons (Fsp3) is 0.750. The molecule has 3 rings (SSSR count). The Balaban J connectivity index is 1.83. The number of oxazole rings is 1. The van der Waals surface area contributed by atoms with Crippen molar-refractivity contribution in [2.75, 3.05) is 6.61 Å². The maximum atomic E-state index is 12.0. The number of esters is 1. The maximum Gasteiger partial charge on any atom is 0.376 e. The molecule has 2 saturated carbocycles. The SMILES string of the molecule is CCOC(=O)c1oc(C2C3CCCC32)nc1CC(C)C. The molecule has 4 nitrogen and oxygen atoms in total. The summed E-state index contributed by atoms with van der Waals surface area (Å²) in [6, 6.07) is 0. The van der Waals surface area contributed by atoms with Crippen LogP contribution < -0.4 is 0 Å². The topological polar surface area (TPSA) is 52.3 Å². The largest absolute Gasteiger partial charge is 0.460 e. The molecule has 0 saturated heterocycles. The Labute approximate surface area is 119 Å². The summed E-state index contributed by atoms with van der Waals surface area (Å²) in [7, 11) is 0. The van der Waals surface area contributed by atoms with Crippen LogP contribution in [0.5, 0.6) is 0 Å². The molecule has 1 heterocycles. The molecule has 0 aliphatic heterocycles. The Kier molecular flexibility index (Phi) is 3.57. The van der Waals surface area contributed by atoms with Gasteiger partial charge in [0.15, 0.2) is 5.89 Å². The van der Waals surface area contributed by atoms with Crippen molar-refractivity contribution in [1.29, 1.82) is 0 Å². The zero-order valence-electron chi connectivity index (χ0n) is 12.5. The zero-order chi connectivity index (χ0) is 14.3. The molecule has 20 heavy (non-hydrogen) atoms. The van der Waals surface area contributed by atoms with Crippen LogP contribution in [-0.4, -0.2) is 17.6 Å². The summed E-state index contributed by atoms with van der Waals surface area (Å²) >= 11 is 0. The summed E-state index contributed by atoms with van der Waals surface area (Å²) in [5.74, 6) is 3.13. The third kappa shape index (κ3) is 2.36. The number of nitrogens with zero attached hydrogens (tertiary/aromatic N) is 1. The van der Waals surface area contributed by atoms with Gasteiger partial charge in [0.2, 0.25) is 5.76 Å². The number of aromatic nitrogens is 1. The maximum absolute atomic E-state index is 12.0. The highest BCUT2D eigenvalue weighted by Gasteiger charge is 2.56. The van der Waals surface area contributed by atoms with Gasteiger partial charge in [-0.15, -0.1) is 0 Å². The molecule has 110 valence electrons. The Bertz CT molecular complexity index is 496. The molecule has 0 spiro atoms. The van der Waals surface area contributed by atoms with E-state index >= 15 is 0 Å². The number of rotatable bonds is 5. The van der Waals surface area contributed by atoms with E-state index in [-0.39, 0.29) is 5.97 Å². The predicted molar refractivity (Wildman–Crippen MR) is 74.6 cm³/mol. The molecule has 0 radical (unpaired) electrons. The van der Waals surface area contributed by atoms with E-state index in [0.29, 0.717) is 24.2 Å². The molecule has 0 N–H and O–H groups in total. The molecule has 2 aliphatic rings. The van der Waals surface area contributed by atoms with Gasteiger partial charge in [-0.3, -0.25) is 0 Å². The first-order chi connectivity index (χ1) is 9.61. The second-order valence-corrected chi connectivity index (χ2v) is 6.43. The molecule has 2 fully saturated rings. The van der Waals surface area contributed by atoms with E-state index < -0.39 is 0 Å². The lowest BCUT2D eigenvalue weighted by molar-refractivity contribution is 0.0486. The molecular formula is C16H23NO3. The number of hydrogen-bond acceptors (Lipinski definition) is 4. The van der Waals surface area contributed by atoms with Crippen LogP contribution in [0.1, 0.15) is 68.1 Å². The minimum Gasteiger partial charge on any atom is -0.460 e. The van der Waals surface area contributed by atoms with Gasteiger partial charge in [-0.05, 0) is 43.9 Å². The quantitative estimate of drug-likeness (QED) is 0.772. The third-order valence-electron chi connectivity index (χ3n) is 4.47. The van der Waals surface area contributed by atoms with Crippen molar-refractivity contribution in [3.63, 3.8) is 0 Å². The van der Waals surface area contributed by atoms with Crippen molar-refractivity contribution < 1.29 is 13.9 Å². The van der Waals surface area contributed by atoms with Gasteiger partial charge >= 0.3 is 5.97 Å². The molecule has 1 aromatic heterocycles. The average molecular weight is 277 g/mol. The highest BCUT2D eigenvalue weighted by molar-refractivity contribution is 5.87. The summed E-state index contributed by atoms with van der Waals surface area (Å²) in [6.45, 7) is 6.41. The summed E-state index contributed by atoms with van der Waals surface area (Å²) in [6.07, 6.45) is 4.66. The van der Waals surface area contributed by atoms with Crippen LogP contribution in [0, 0.1) is 17.8 Å². The lowest BCUT2D eigenvalue weighted by Gasteiger charge is -2.02. The molecule has 0 bridgehead atoms. The van der Waals surface area contributed by atoms with Gasteiger partial charge in [-0.1, -0.05) is 20.3 Å². The first kappa shape index (κ1) is 13.7. The molecular weight excluding hydrogens is 254 g/mol. The number of hydrogen-bond donors (Lipinski definition) is 0. The van der Waals surface area contributed by atoms with E-state index in [1.165, 1.54) is 19.3 Å². The Morgan fingerprint density at radius 1 is 1.40 bits per heavy atom. The average Bonchev–Trinajstić information content (AvgIpc) is 2.78. The van der Waals surface area contributed by atoms with Gasteiger partial charge in [0, 0.05) is 5.92 Å². The van der Waals surface area contributed by atoms with Crippen molar-refractivity contribution in [1.82, 2.24) is 4.98 Å². The predicted octanol–water partition coefficient (Wildman–Crippen LogP) is 3.56. The Hall–Kier alpha value is -1.32. The second-order valence-electron chi connectivity index (χ2n) is 6.43. The fourth-order valence-corrected chi connectivity index (χ4v) is 3.58. The molecule has 2 aliphatic carbocycles. The molecule has 4 heteroatoms. The number of fused-ring (bicyclic) bond motifs is 1. The van der Waals surface area contributed by atoms with Gasteiger partial charge in [0.05, 0.1) is 12.3 Å². The van der Waals surface area contributed by atoms with Crippen molar-refractivity contribution in [2.24, 2.45) is 17.8 Å². The zero-order valence-corrected chi connectivity index (χ0v) is 12.5. The normalized spacial score (nSPS) is 27.7. The van der Waals surface area contributed by atoms with Crippen LogP contribution in [-0.2, 0) is 11.2 Å². The third-order valence-corrected chi connectivity index (χ3v) is 4.47. The van der Waals surface area contributed by atoms with Crippen molar-refractivity contribution in [2.45, 2.75) is 52.4 Å². The van der Waals surface area contributed by atoms with Crippen LogP contribution in [0.2, 0.25) is 0 Å². The lowest BCUT2D eigenvalue weighted by Crippen LogP contribution is -2.08. The Morgan fingerprint density at radius 2 is 2.10 bits per heavy atom. The van der Waals surface area contributed by atoms with Crippen molar-refractivity contribution in [3.8, 4) is 0 Å². The highest BCUT2D eigenvalue weighted by Crippen LogP contribution is 2.62. The van der Waals surface area contributed by atoms with Crippen LogP contribution >= 0.6 is 0 Å².